The molecule has 2 N–H and O–H groups in total. The Balaban J connectivity index is 1.62. The first-order valence-electron chi connectivity index (χ1n) is 10.9. The Bertz CT molecular complexity index is 1070. The zero-order chi connectivity index (χ0) is 21.8. The minimum atomic E-state index is -0.439. The highest BCUT2D eigenvalue weighted by atomic mass is 16.5. The van der Waals surface area contributed by atoms with Crippen molar-refractivity contribution < 1.29 is 19.4 Å². The van der Waals surface area contributed by atoms with Gasteiger partial charge in [-0.1, -0.05) is 56.3 Å². The number of carbonyl (C=O) groups excluding carboxylic acids is 1. The third-order valence-electron chi connectivity index (χ3n) is 5.63. The Hall–Kier alpha value is -3.05. The second kappa shape index (κ2) is 9.40. The highest BCUT2D eigenvalue weighted by Gasteiger charge is 2.32. The van der Waals surface area contributed by atoms with Crippen LogP contribution >= 0.6 is 0 Å². The lowest BCUT2D eigenvalue weighted by Crippen LogP contribution is -2.37. The van der Waals surface area contributed by atoms with Gasteiger partial charge in [-0.3, -0.25) is 4.79 Å². The smallest absolute Gasteiger partial charge is 0.178 e. The molecule has 0 spiro atoms. The predicted molar refractivity (Wildman–Crippen MR) is 123 cm³/mol. The van der Waals surface area contributed by atoms with Gasteiger partial charge in [-0.15, -0.1) is 0 Å². The van der Waals surface area contributed by atoms with Crippen molar-refractivity contribution in [1.29, 1.82) is 0 Å². The number of hydrogen-bond acceptors (Lipinski definition) is 5. The molecule has 5 nitrogen and oxygen atoms in total. The van der Waals surface area contributed by atoms with Crippen LogP contribution in [0.1, 0.15) is 31.4 Å². The van der Waals surface area contributed by atoms with Crippen LogP contribution in [0, 0.1) is 5.92 Å². The monoisotopic (exact) mass is 419 g/mol. The van der Waals surface area contributed by atoms with Gasteiger partial charge in [0.15, 0.2) is 11.9 Å². The molecule has 0 saturated carbocycles. The van der Waals surface area contributed by atoms with Crippen LogP contribution in [-0.2, 0) is 17.8 Å². The number of aliphatic hydroxyl groups is 1. The molecule has 3 aromatic carbocycles. The zero-order valence-electron chi connectivity index (χ0n) is 18.1. The Labute approximate surface area is 183 Å². The zero-order valence-corrected chi connectivity index (χ0v) is 18.1. The van der Waals surface area contributed by atoms with Crippen LogP contribution < -0.4 is 14.8 Å². The van der Waals surface area contributed by atoms with E-state index in [1.54, 1.807) is 0 Å². The summed E-state index contributed by atoms with van der Waals surface area (Å²) in [5.74, 6) is 1.58. The molecular formula is C26H29NO4. The Kier molecular flexibility index (Phi) is 6.42. The van der Waals surface area contributed by atoms with E-state index in [1.807, 2.05) is 44.2 Å². The molecule has 3 aromatic rings. The van der Waals surface area contributed by atoms with Gasteiger partial charge >= 0.3 is 0 Å². The Morgan fingerprint density at radius 3 is 2.77 bits per heavy atom. The molecule has 4 rings (SSSR count). The largest absolute Gasteiger partial charge is 0.489 e. The van der Waals surface area contributed by atoms with Crippen molar-refractivity contribution in [3.8, 4) is 11.5 Å². The molecule has 1 aliphatic rings. The molecule has 0 aliphatic carbocycles. The molecule has 0 aromatic heterocycles. The lowest BCUT2D eigenvalue weighted by molar-refractivity contribution is -0.128. The van der Waals surface area contributed by atoms with Crippen molar-refractivity contribution in [3.05, 3.63) is 65.7 Å². The van der Waals surface area contributed by atoms with Crippen LogP contribution in [-0.4, -0.2) is 30.1 Å². The van der Waals surface area contributed by atoms with Crippen LogP contribution in [0.5, 0.6) is 11.5 Å². The molecule has 5 heteroatoms. The summed E-state index contributed by atoms with van der Waals surface area (Å²) in [7, 11) is 0. The Morgan fingerprint density at radius 2 is 1.97 bits per heavy atom. The molecular weight excluding hydrogens is 390 g/mol. The summed E-state index contributed by atoms with van der Waals surface area (Å²) >= 11 is 0. The number of Topliss-reactive ketones (excluding diaryl/α,β-unsaturated/α-hetero) is 1. The highest BCUT2D eigenvalue weighted by Crippen LogP contribution is 2.38. The first-order chi connectivity index (χ1) is 15.1. The molecule has 0 bridgehead atoms. The maximum Gasteiger partial charge on any atom is 0.178 e. The molecule has 0 amide bonds. The fraction of sp³-hybridized carbons (Fsp3) is 0.346. The van der Waals surface area contributed by atoms with Gasteiger partial charge in [-0.05, 0) is 28.7 Å². The average Bonchev–Trinajstić information content (AvgIpc) is 2.77. The van der Waals surface area contributed by atoms with Crippen molar-refractivity contribution in [2.24, 2.45) is 5.92 Å². The molecule has 1 atom stereocenters. The fourth-order valence-electron chi connectivity index (χ4n) is 4.02. The minimum Gasteiger partial charge on any atom is -0.489 e. The van der Waals surface area contributed by atoms with E-state index in [-0.39, 0.29) is 18.3 Å². The van der Waals surface area contributed by atoms with E-state index in [0.717, 1.165) is 16.8 Å². The summed E-state index contributed by atoms with van der Waals surface area (Å²) in [6, 6.07) is 18.3. The number of ketones is 1. The first kappa shape index (κ1) is 21.2. The SMILES string of the molecule is CC(C)C1Oc2cc(OCc3cccc4ccccc34)cc(NCCCO)c2CC1=O. The van der Waals surface area contributed by atoms with Crippen LogP contribution in [0.4, 0.5) is 5.69 Å². The summed E-state index contributed by atoms with van der Waals surface area (Å²) in [6.45, 7) is 5.14. The van der Waals surface area contributed by atoms with E-state index in [9.17, 15) is 4.79 Å². The number of nitrogens with one attached hydrogen (secondary N) is 1. The van der Waals surface area contributed by atoms with E-state index < -0.39 is 6.10 Å². The molecule has 1 unspecified atom stereocenters. The van der Waals surface area contributed by atoms with Gasteiger partial charge in [-0.25, -0.2) is 0 Å². The van der Waals surface area contributed by atoms with Gasteiger partial charge in [0.1, 0.15) is 18.1 Å². The topological polar surface area (TPSA) is 67.8 Å². The van der Waals surface area contributed by atoms with E-state index in [4.69, 9.17) is 14.6 Å². The van der Waals surface area contributed by atoms with Gasteiger partial charge < -0.3 is 19.9 Å². The van der Waals surface area contributed by atoms with Crippen LogP contribution in [0.25, 0.3) is 10.8 Å². The second-order valence-corrected chi connectivity index (χ2v) is 8.30. The first-order valence-corrected chi connectivity index (χ1v) is 10.9. The molecule has 0 radical (unpaired) electrons. The highest BCUT2D eigenvalue weighted by molar-refractivity contribution is 5.90. The molecule has 0 saturated heterocycles. The van der Waals surface area contributed by atoms with Gasteiger partial charge in [-0.2, -0.15) is 0 Å². The predicted octanol–water partition coefficient (Wildman–Crippen LogP) is 4.74. The van der Waals surface area contributed by atoms with E-state index in [1.165, 1.54) is 10.8 Å². The third kappa shape index (κ3) is 4.67. The average molecular weight is 420 g/mol. The standard InChI is InChI=1S/C26H29NO4/c1-17(2)26-24(29)15-22-23(27-11-6-12-28)13-20(14-25(22)31-26)30-16-19-9-5-8-18-7-3-4-10-21(18)19/h3-5,7-10,13-14,17,26-28H,6,11-12,15-16H2,1-2H3. The van der Waals surface area contributed by atoms with Crippen LogP contribution in [0.2, 0.25) is 0 Å². The number of carbonyl (C=O) groups is 1. The number of benzene rings is 3. The fourth-order valence-corrected chi connectivity index (χ4v) is 4.02. The summed E-state index contributed by atoms with van der Waals surface area (Å²) in [5, 5.41) is 14.8. The second-order valence-electron chi connectivity index (χ2n) is 8.30. The maximum atomic E-state index is 12.6. The third-order valence-corrected chi connectivity index (χ3v) is 5.63. The number of ether oxygens (including phenoxy) is 2. The molecule has 31 heavy (non-hydrogen) atoms. The molecule has 0 fully saturated rings. The van der Waals surface area contributed by atoms with E-state index in [0.29, 0.717) is 37.5 Å². The van der Waals surface area contributed by atoms with Crippen molar-refractivity contribution in [2.75, 3.05) is 18.5 Å². The number of aliphatic hydroxyl groups excluding tert-OH is 1. The quantitative estimate of drug-likeness (QED) is 0.516. The van der Waals surface area contributed by atoms with Gasteiger partial charge in [0.05, 0.1) is 0 Å². The number of anilines is 1. The van der Waals surface area contributed by atoms with Gasteiger partial charge in [0.25, 0.3) is 0 Å². The summed E-state index contributed by atoms with van der Waals surface area (Å²) in [4.78, 5) is 12.6. The molecule has 1 aliphatic heterocycles. The Morgan fingerprint density at radius 1 is 1.16 bits per heavy atom. The van der Waals surface area contributed by atoms with Crippen molar-refractivity contribution >= 4 is 22.2 Å². The molecule has 1 heterocycles. The van der Waals surface area contributed by atoms with Crippen LogP contribution in [0.3, 0.4) is 0 Å². The van der Waals surface area contributed by atoms with Gasteiger partial charge in [0.2, 0.25) is 0 Å². The number of rotatable bonds is 8. The minimum absolute atomic E-state index is 0.0946. The van der Waals surface area contributed by atoms with Crippen molar-refractivity contribution in [1.82, 2.24) is 0 Å². The lowest BCUT2D eigenvalue weighted by atomic mass is 9.93. The summed E-state index contributed by atoms with van der Waals surface area (Å²) in [6.07, 6.45) is 0.522. The van der Waals surface area contributed by atoms with Crippen molar-refractivity contribution in [2.45, 2.75) is 39.4 Å². The maximum absolute atomic E-state index is 12.6. The number of fused-ring (bicyclic) bond motifs is 2. The van der Waals surface area contributed by atoms with Crippen molar-refractivity contribution in [3.63, 3.8) is 0 Å². The molecule has 162 valence electrons. The normalized spacial score (nSPS) is 15.6. The number of hydrogen-bond donors (Lipinski definition) is 2. The lowest BCUT2D eigenvalue weighted by Gasteiger charge is -2.29. The van der Waals surface area contributed by atoms with Gasteiger partial charge in [0, 0.05) is 43.0 Å². The van der Waals surface area contributed by atoms with E-state index in [2.05, 4.69) is 29.6 Å². The summed E-state index contributed by atoms with van der Waals surface area (Å²) < 4.78 is 12.3. The van der Waals surface area contributed by atoms with E-state index >= 15 is 0 Å². The summed E-state index contributed by atoms with van der Waals surface area (Å²) in [5.41, 5.74) is 2.80. The van der Waals surface area contributed by atoms with Crippen LogP contribution in [0.15, 0.2) is 54.6 Å².